The van der Waals surface area contributed by atoms with Crippen LogP contribution in [0, 0.1) is 18.3 Å². The van der Waals surface area contributed by atoms with E-state index in [4.69, 9.17) is 4.98 Å². The Morgan fingerprint density at radius 3 is 2.43 bits per heavy atom. The number of nitriles is 1. The molecule has 0 bridgehead atoms. The van der Waals surface area contributed by atoms with Gasteiger partial charge in [0.1, 0.15) is 0 Å². The number of benzene rings is 3. The second kappa shape index (κ2) is 7.59. The van der Waals surface area contributed by atoms with Gasteiger partial charge in [-0.2, -0.15) is 5.26 Å². The molecule has 2 aromatic heterocycles. The first-order chi connectivity index (χ1) is 14.7. The van der Waals surface area contributed by atoms with Crippen LogP contribution >= 0.6 is 11.3 Å². The Hall–Kier alpha value is -3.74. The van der Waals surface area contributed by atoms with E-state index in [0.29, 0.717) is 5.56 Å². The van der Waals surface area contributed by atoms with Crippen molar-refractivity contribution in [2.45, 2.75) is 6.92 Å². The van der Waals surface area contributed by atoms with Crippen molar-refractivity contribution in [2.75, 3.05) is 0 Å². The minimum atomic E-state index is 0.660. The monoisotopic (exact) mass is 402 g/mol. The molecule has 0 aliphatic rings. The molecule has 5 aromatic rings. The van der Waals surface area contributed by atoms with Crippen molar-refractivity contribution in [1.82, 2.24) is 4.98 Å². The Morgan fingerprint density at radius 2 is 1.60 bits per heavy atom. The smallest absolute Gasteiger partial charge is 0.0991 e. The molecule has 0 radical (unpaired) electrons. The third kappa shape index (κ3) is 3.39. The number of thiophene rings is 1. The molecular formula is C27H18N2S. The molecular weight excluding hydrogens is 384 g/mol. The van der Waals surface area contributed by atoms with Gasteiger partial charge in [-0.1, -0.05) is 66.2 Å². The normalized spacial score (nSPS) is 10.8. The van der Waals surface area contributed by atoms with Crippen LogP contribution in [-0.4, -0.2) is 4.98 Å². The van der Waals surface area contributed by atoms with E-state index in [-0.39, 0.29) is 0 Å². The summed E-state index contributed by atoms with van der Waals surface area (Å²) in [5.41, 5.74) is 6.19. The summed E-state index contributed by atoms with van der Waals surface area (Å²) in [6, 6.07) is 31.3. The van der Waals surface area contributed by atoms with Crippen molar-refractivity contribution in [2.24, 2.45) is 0 Å². The highest BCUT2D eigenvalue weighted by atomic mass is 32.1. The molecule has 0 saturated heterocycles. The zero-order valence-electron chi connectivity index (χ0n) is 16.5. The van der Waals surface area contributed by atoms with Crippen LogP contribution < -0.4 is 0 Å². The number of rotatable bonds is 3. The van der Waals surface area contributed by atoms with Gasteiger partial charge in [0.2, 0.25) is 0 Å². The minimum absolute atomic E-state index is 0.660. The van der Waals surface area contributed by atoms with Gasteiger partial charge in [-0.25, -0.2) is 0 Å². The Morgan fingerprint density at radius 1 is 0.800 bits per heavy atom. The number of aromatic nitrogens is 1. The zero-order chi connectivity index (χ0) is 20.5. The van der Waals surface area contributed by atoms with Gasteiger partial charge >= 0.3 is 0 Å². The lowest BCUT2D eigenvalue weighted by molar-refractivity contribution is 1.37. The van der Waals surface area contributed by atoms with Crippen molar-refractivity contribution < 1.29 is 0 Å². The molecule has 142 valence electrons. The summed E-state index contributed by atoms with van der Waals surface area (Å²) in [6.45, 7) is 2.11. The van der Waals surface area contributed by atoms with Crippen LogP contribution in [0.4, 0.5) is 0 Å². The molecule has 0 amide bonds. The zero-order valence-corrected chi connectivity index (χ0v) is 17.3. The molecule has 3 aromatic carbocycles. The minimum Gasteiger partial charge on any atom is -0.255 e. The summed E-state index contributed by atoms with van der Waals surface area (Å²) in [5.74, 6) is 0. The highest BCUT2D eigenvalue weighted by Crippen LogP contribution is 2.43. The van der Waals surface area contributed by atoms with Gasteiger partial charge in [-0.05, 0) is 47.7 Å². The maximum atomic E-state index is 9.37. The largest absolute Gasteiger partial charge is 0.255 e. The van der Waals surface area contributed by atoms with E-state index >= 15 is 0 Å². The summed E-state index contributed by atoms with van der Waals surface area (Å²) in [6.07, 6.45) is 1.94. The van der Waals surface area contributed by atoms with Crippen molar-refractivity contribution in [3.05, 3.63) is 102 Å². The van der Waals surface area contributed by atoms with Crippen LogP contribution in [0.15, 0.2) is 91.1 Å². The molecule has 0 unspecified atom stereocenters. The number of hydrogen-bond acceptors (Lipinski definition) is 3. The van der Waals surface area contributed by atoms with Gasteiger partial charge in [0.05, 0.1) is 22.2 Å². The van der Waals surface area contributed by atoms with E-state index in [9.17, 15) is 5.26 Å². The average molecular weight is 403 g/mol. The predicted molar refractivity (Wildman–Crippen MR) is 125 cm³/mol. The Kier molecular flexibility index (Phi) is 4.63. The average Bonchev–Trinajstić information content (AvgIpc) is 3.24. The molecule has 0 aliphatic carbocycles. The van der Waals surface area contributed by atoms with Crippen LogP contribution in [0.25, 0.3) is 42.9 Å². The van der Waals surface area contributed by atoms with E-state index in [2.05, 4.69) is 73.7 Å². The van der Waals surface area contributed by atoms with E-state index in [1.807, 2.05) is 30.5 Å². The number of aryl methyl sites for hydroxylation is 1. The SMILES string of the molecule is Cc1cccc(-c2cc(-c3cccc(C#N)c3)c(-c3cc4ccccc4cn3)s2)c1. The number of fused-ring (bicyclic) bond motifs is 1. The summed E-state index contributed by atoms with van der Waals surface area (Å²) in [5, 5.41) is 11.7. The maximum absolute atomic E-state index is 9.37. The van der Waals surface area contributed by atoms with Crippen LogP contribution in [0.2, 0.25) is 0 Å². The van der Waals surface area contributed by atoms with Gasteiger partial charge < -0.3 is 0 Å². The molecule has 5 rings (SSSR count). The molecule has 0 N–H and O–H groups in total. The van der Waals surface area contributed by atoms with Crippen molar-refractivity contribution in [3.8, 4) is 38.2 Å². The fraction of sp³-hybridized carbons (Fsp3) is 0.0370. The first-order valence-electron chi connectivity index (χ1n) is 9.78. The van der Waals surface area contributed by atoms with Crippen LogP contribution in [0.1, 0.15) is 11.1 Å². The standard InChI is InChI=1S/C27H18N2S/c1-18-6-4-11-22(12-18)26-15-24(21-10-5-7-19(13-21)16-28)27(30-26)25-14-20-8-2-3-9-23(20)17-29-25/h2-15,17H,1H3. The lowest BCUT2D eigenvalue weighted by Gasteiger charge is -2.06. The quantitative estimate of drug-likeness (QED) is 0.314. The molecule has 0 fully saturated rings. The van der Waals surface area contributed by atoms with Gasteiger partial charge in [-0.3, -0.25) is 4.98 Å². The maximum Gasteiger partial charge on any atom is 0.0991 e. The number of pyridine rings is 1. The van der Waals surface area contributed by atoms with E-state index in [1.54, 1.807) is 11.3 Å². The van der Waals surface area contributed by atoms with Gasteiger partial charge in [0.15, 0.2) is 0 Å². The van der Waals surface area contributed by atoms with E-state index in [0.717, 1.165) is 27.1 Å². The molecule has 2 heterocycles. The molecule has 30 heavy (non-hydrogen) atoms. The Bertz CT molecular complexity index is 1420. The van der Waals surface area contributed by atoms with Crippen LogP contribution in [0.5, 0.6) is 0 Å². The highest BCUT2D eigenvalue weighted by Gasteiger charge is 2.16. The van der Waals surface area contributed by atoms with Crippen molar-refractivity contribution in [1.29, 1.82) is 5.26 Å². The van der Waals surface area contributed by atoms with Crippen molar-refractivity contribution in [3.63, 3.8) is 0 Å². The molecule has 0 spiro atoms. The topological polar surface area (TPSA) is 36.7 Å². The fourth-order valence-electron chi connectivity index (χ4n) is 3.70. The van der Waals surface area contributed by atoms with Crippen molar-refractivity contribution >= 4 is 22.1 Å². The summed E-state index contributed by atoms with van der Waals surface area (Å²) >= 11 is 1.75. The molecule has 0 saturated carbocycles. The van der Waals surface area contributed by atoms with E-state index in [1.165, 1.54) is 21.4 Å². The summed E-state index contributed by atoms with van der Waals surface area (Å²) in [7, 11) is 0. The second-order valence-electron chi connectivity index (χ2n) is 7.33. The lowest BCUT2D eigenvalue weighted by atomic mass is 10.0. The van der Waals surface area contributed by atoms with Gasteiger partial charge in [-0.15, -0.1) is 11.3 Å². The number of hydrogen-bond donors (Lipinski definition) is 0. The summed E-state index contributed by atoms with van der Waals surface area (Å²) in [4.78, 5) is 7.09. The molecule has 2 nitrogen and oxygen atoms in total. The van der Waals surface area contributed by atoms with Gasteiger partial charge in [0.25, 0.3) is 0 Å². The predicted octanol–water partition coefficient (Wildman–Crippen LogP) is 7.48. The first-order valence-corrected chi connectivity index (χ1v) is 10.6. The number of nitrogens with zero attached hydrogens (tertiary/aromatic N) is 2. The fourth-order valence-corrected chi connectivity index (χ4v) is 4.84. The lowest BCUT2D eigenvalue weighted by Crippen LogP contribution is -1.85. The molecule has 0 aliphatic heterocycles. The third-order valence-electron chi connectivity index (χ3n) is 5.20. The molecule has 0 atom stereocenters. The summed E-state index contributed by atoms with van der Waals surface area (Å²) < 4.78 is 0. The highest BCUT2D eigenvalue weighted by molar-refractivity contribution is 7.19. The van der Waals surface area contributed by atoms with Crippen LogP contribution in [0.3, 0.4) is 0 Å². The van der Waals surface area contributed by atoms with Gasteiger partial charge in [0, 0.05) is 22.0 Å². The first kappa shape index (κ1) is 18.3. The Balaban J connectivity index is 1.74. The molecule has 3 heteroatoms. The van der Waals surface area contributed by atoms with E-state index < -0.39 is 0 Å². The van der Waals surface area contributed by atoms with Crippen LogP contribution in [-0.2, 0) is 0 Å². The second-order valence-corrected chi connectivity index (χ2v) is 8.38. The Labute approximate surface area is 179 Å². The third-order valence-corrected chi connectivity index (χ3v) is 6.41.